The fourth-order valence-electron chi connectivity index (χ4n) is 1.75. The number of para-hydroxylation sites is 1. The third kappa shape index (κ3) is 3.11. The van der Waals surface area contributed by atoms with Crippen LogP contribution in [0, 0.1) is 0 Å². The number of benzene rings is 1. The van der Waals surface area contributed by atoms with Crippen LogP contribution in [0.1, 0.15) is 6.92 Å². The van der Waals surface area contributed by atoms with E-state index in [1.54, 1.807) is 0 Å². The zero-order valence-corrected chi connectivity index (χ0v) is 11.0. The standard InChI is InChI=1S/C14H20N4/c1-3-17(2)11-9-15-14-16-10-12-18(14)13-7-5-4-6-8-13/h4-8,10,12H,3,9,11H2,1-2H3,(H,15,16). The van der Waals surface area contributed by atoms with Crippen molar-refractivity contribution in [3.63, 3.8) is 0 Å². The molecule has 4 nitrogen and oxygen atoms in total. The van der Waals surface area contributed by atoms with E-state index in [2.05, 4.69) is 45.9 Å². The summed E-state index contributed by atoms with van der Waals surface area (Å²) in [6.45, 7) is 5.13. The van der Waals surface area contributed by atoms with E-state index >= 15 is 0 Å². The van der Waals surface area contributed by atoms with Gasteiger partial charge < -0.3 is 10.2 Å². The van der Waals surface area contributed by atoms with E-state index in [9.17, 15) is 0 Å². The number of rotatable bonds is 6. The summed E-state index contributed by atoms with van der Waals surface area (Å²) in [5.74, 6) is 0.894. The second kappa shape index (κ2) is 6.21. The fraction of sp³-hybridized carbons (Fsp3) is 0.357. The molecule has 0 atom stereocenters. The Labute approximate surface area is 108 Å². The van der Waals surface area contributed by atoms with Crippen LogP contribution < -0.4 is 5.32 Å². The Balaban J connectivity index is 2.00. The lowest BCUT2D eigenvalue weighted by Gasteiger charge is -2.15. The van der Waals surface area contributed by atoms with Crippen LogP contribution >= 0.6 is 0 Å². The van der Waals surface area contributed by atoms with Crippen LogP contribution in [-0.4, -0.2) is 41.1 Å². The first kappa shape index (κ1) is 12.6. The van der Waals surface area contributed by atoms with Gasteiger partial charge in [-0.05, 0) is 25.7 Å². The third-order valence-electron chi connectivity index (χ3n) is 2.99. The van der Waals surface area contributed by atoms with Crippen molar-refractivity contribution in [3.05, 3.63) is 42.7 Å². The highest BCUT2D eigenvalue weighted by molar-refractivity contribution is 5.41. The Kier molecular flexibility index (Phi) is 4.36. The molecule has 0 aliphatic heterocycles. The number of hydrogen-bond donors (Lipinski definition) is 1. The molecule has 0 aliphatic carbocycles. The zero-order chi connectivity index (χ0) is 12.8. The van der Waals surface area contributed by atoms with Crippen LogP contribution in [0.2, 0.25) is 0 Å². The van der Waals surface area contributed by atoms with Gasteiger partial charge in [-0.2, -0.15) is 0 Å². The quantitative estimate of drug-likeness (QED) is 0.846. The first-order valence-electron chi connectivity index (χ1n) is 6.32. The van der Waals surface area contributed by atoms with E-state index < -0.39 is 0 Å². The zero-order valence-electron chi connectivity index (χ0n) is 11.0. The van der Waals surface area contributed by atoms with Gasteiger partial charge in [0.05, 0.1) is 0 Å². The topological polar surface area (TPSA) is 33.1 Å². The highest BCUT2D eigenvalue weighted by atomic mass is 15.2. The summed E-state index contributed by atoms with van der Waals surface area (Å²) in [6, 6.07) is 10.2. The van der Waals surface area contributed by atoms with Crippen LogP contribution in [0.3, 0.4) is 0 Å². The summed E-state index contributed by atoms with van der Waals surface area (Å²) in [5, 5.41) is 3.37. The number of imidazole rings is 1. The summed E-state index contributed by atoms with van der Waals surface area (Å²) in [6.07, 6.45) is 3.79. The van der Waals surface area contributed by atoms with Crippen LogP contribution in [0.15, 0.2) is 42.7 Å². The van der Waals surface area contributed by atoms with Gasteiger partial charge in [0.1, 0.15) is 0 Å². The Morgan fingerprint density at radius 1 is 1.28 bits per heavy atom. The molecule has 1 aromatic heterocycles. The number of likely N-dealkylation sites (N-methyl/N-ethyl adjacent to an activating group) is 1. The lowest BCUT2D eigenvalue weighted by molar-refractivity contribution is 0.366. The first-order valence-corrected chi connectivity index (χ1v) is 6.32. The van der Waals surface area contributed by atoms with Gasteiger partial charge >= 0.3 is 0 Å². The number of nitrogens with zero attached hydrogens (tertiary/aromatic N) is 3. The molecule has 0 bridgehead atoms. The monoisotopic (exact) mass is 244 g/mol. The molecule has 96 valence electrons. The van der Waals surface area contributed by atoms with Crippen LogP contribution in [-0.2, 0) is 0 Å². The lowest BCUT2D eigenvalue weighted by Crippen LogP contribution is -2.25. The predicted octanol–water partition coefficient (Wildman–Crippen LogP) is 2.24. The molecule has 2 aromatic rings. The lowest BCUT2D eigenvalue weighted by atomic mass is 10.3. The van der Waals surface area contributed by atoms with Crippen molar-refractivity contribution in [1.82, 2.24) is 14.5 Å². The maximum atomic E-state index is 4.35. The SMILES string of the molecule is CCN(C)CCNc1nccn1-c1ccccc1. The third-order valence-corrected chi connectivity index (χ3v) is 2.99. The molecule has 0 amide bonds. The van der Waals surface area contributed by atoms with Gasteiger partial charge in [-0.25, -0.2) is 4.98 Å². The van der Waals surface area contributed by atoms with Crippen molar-refractivity contribution < 1.29 is 0 Å². The molecule has 1 N–H and O–H groups in total. The second-order valence-corrected chi connectivity index (χ2v) is 4.28. The molecular formula is C14H20N4. The van der Waals surface area contributed by atoms with E-state index in [4.69, 9.17) is 0 Å². The normalized spacial score (nSPS) is 10.8. The molecule has 18 heavy (non-hydrogen) atoms. The Morgan fingerprint density at radius 2 is 2.06 bits per heavy atom. The number of hydrogen-bond acceptors (Lipinski definition) is 3. The molecule has 4 heteroatoms. The van der Waals surface area contributed by atoms with Crippen LogP contribution in [0.4, 0.5) is 5.95 Å². The number of nitrogens with one attached hydrogen (secondary N) is 1. The minimum absolute atomic E-state index is 0.894. The van der Waals surface area contributed by atoms with E-state index in [1.165, 1.54) is 0 Å². The Hall–Kier alpha value is -1.81. The molecule has 1 heterocycles. The highest BCUT2D eigenvalue weighted by Crippen LogP contribution is 2.13. The van der Waals surface area contributed by atoms with E-state index in [1.807, 2.05) is 30.6 Å². The average Bonchev–Trinajstić information content (AvgIpc) is 2.88. The molecule has 0 saturated heterocycles. The maximum absolute atomic E-state index is 4.35. The first-order chi connectivity index (χ1) is 8.81. The average molecular weight is 244 g/mol. The van der Waals surface area contributed by atoms with Gasteiger partial charge in [0.15, 0.2) is 0 Å². The van der Waals surface area contributed by atoms with Crippen molar-refractivity contribution >= 4 is 5.95 Å². The van der Waals surface area contributed by atoms with Gasteiger partial charge in [-0.3, -0.25) is 4.57 Å². The highest BCUT2D eigenvalue weighted by Gasteiger charge is 2.03. The summed E-state index contributed by atoms with van der Waals surface area (Å²) < 4.78 is 2.06. The summed E-state index contributed by atoms with van der Waals surface area (Å²) in [7, 11) is 2.12. The van der Waals surface area contributed by atoms with E-state index in [0.29, 0.717) is 0 Å². The molecule has 0 fully saturated rings. The second-order valence-electron chi connectivity index (χ2n) is 4.28. The van der Waals surface area contributed by atoms with Gasteiger partial charge in [-0.1, -0.05) is 25.1 Å². The maximum Gasteiger partial charge on any atom is 0.207 e. The van der Waals surface area contributed by atoms with Gasteiger partial charge in [0.25, 0.3) is 0 Å². The van der Waals surface area contributed by atoms with Crippen LogP contribution in [0.5, 0.6) is 0 Å². The van der Waals surface area contributed by atoms with E-state index in [-0.39, 0.29) is 0 Å². The molecule has 0 spiro atoms. The summed E-state index contributed by atoms with van der Waals surface area (Å²) >= 11 is 0. The molecule has 2 rings (SSSR count). The smallest absolute Gasteiger partial charge is 0.207 e. The molecule has 0 saturated carbocycles. The van der Waals surface area contributed by atoms with Crippen molar-refractivity contribution in [3.8, 4) is 5.69 Å². The van der Waals surface area contributed by atoms with Crippen molar-refractivity contribution in [2.75, 3.05) is 32.0 Å². The Morgan fingerprint density at radius 3 is 2.78 bits per heavy atom. The van der Waals surface area contributed by atoms with Gasteiger partial charge in [0, 0.05) is 31.2 Å². The predicted molar refractivity (Wildman–Crippen MR) is 75.2 cm³/mol. The fourth-order valence-corrected chi connectivity index (χ4v) is 1.75. The van der Waals surface area contributed by atoms with Crippen LogP contribution in [0.25, 0.3) is 5.69 Å². The van der Waals surface area contributed by atoms with E-state index in [0.717, 1.165) is 31.3 Å². The van der Waals surface area contributed by atoms with Crippen molar-refractivity contribution in [1.29, 1.82) is 0 Å². The van der Waals surface area contributed by atoms with Gasteiger partial charge in [-0.15, -0.1) is 0 Å². The molecular weight excluding hydrogens is 224 g/mol. The largest absolute Gasteiger partial charge is 0.354 e. The van der Waals surface area contributed by atoms with Gasteiger partial charge in [0.2, 0.25) is 5.95 Å². The number of aromatic nitrogens is 2. The molecule has 1 aromatic carbocycles. The molecule has 0 unspecified atom stereocenters. The molecule has 0 aliphatic rings. The number of anilines is 1. The van der Waals surface area contributed by atoms with Crippen molar-refractivity contribution in [2.24, 2.45) is 0 Å². The van der Waals surface area contributed by atoms with Crippen molar-refractivity contribution in [2.45, 2.75) is 6.92 Å². The minimum Gasteiger partial charge on any atom is -0.354 e. The Bertz CT molecular complexity index is 464. The summed E-state index contributed by atoms with van der Waals surface area (Å²) in [5.41, 5.74) is 1.13. The molecule has 0 radical (unpaired) electrons. The summed E-state index contributed by atoms with van der Waals surface area (Å²) in [4.78, 5) is 6.62. The minimum atomic E-state index is 0.894.